The summed E-state index contributed by atoms with van der Waals surface area (Å²) in [6.45, 7) is 1.33. The van der Waals surface area contributed by atoms with Crippen LogP contribution in [0.1, 0.15) is 18.4 Å². The van der Waals surface area contributed by atoms with E-state index in [0.717, 1.165) is 24.3 Å². The van der Waals surface area contributed by atoms with Crippen LogP contribution in [0.25, 0.3) is 0 Å². The second-order valence-corrected chi connectivity index (χ2v) is 6.64. The van der Waals surface area contributed by atoms with Crippen molar-refractivity contribution in [1.29, 1.82) is 0 Å². The molecule has 0 bridgehead atoms. The molecular weight excluding hydrogens is 264 g/mol. The van der Waals surface area contributed by atoms with Crippen molar-refractivity contribution in [2.24, 2.45) is 0 Å². The zero-order valence-corrected chi connectivity index (χ0v) is 11.9. The van der Waals surface area contributed by atoms with E-state index < -0.39 is 10.0 Å². The van der Waals surface area contributed by atoms with Crippen molar-refractivity contribution < 1.29 is 13.2 Å². The molecule has 1 heterocycles. The van der Waals surface area contributed by atoms with Crippen LogP contribution in [0.15, 0.2) is 24.3 Å². The number of hydrogen-bond donors (Lipinski definition) is 2. The van der Waals surface area contributed by atoms with Gasteiger partial charge in [-0.05, 0) is 37.1 Å². The van der Waals surface area contributed by atoms with Crippen molar-refractivity contribution in [2.45, 2.75) is 25.4 Å². The van der Waals surface area contributed by atoms with Gasteiger partial charge >= 0.3 is 0 Å². The van der Waals surface area contributed by atoms with Crippen LogP contribution >= 0.6 is 0 Å². The lowest BCUT2D eigenvalue weighted by molar-refractivity contribution is 0.361. The highest BCUT2D eigenvalue weighted by Gasteiger charge is 2.19. The summed E-state index contributed by atoms with van der Waals surface area (Å²) in [7, 11) is -1.58. The zero-order valence-electron chi connectivity index (χ0n) is 11.1. The average molecular weight is 284 g/mol. The Bertz CT molecular complexity index is 495. The first-order valence-electron chi connectivity index (χ1n) is 6.43. The Morgan fingerprint density at radius 2 is 2.05 bits per heavy atom. The van der Waals surface area contributed by atoms with Crippen LogP contribution in [-0.2, 0) is 16.6 Å². The second kappa shape index (κ2) is 6.36. The molecule has 0 aliphatic carbocycles. The molecule has 106 valence electrons. The number of hydrogen-bond acceptors (Lipinski definition) is 4. The molecule has 2 N–H and O–H groups in total. The molecule has 1 aromatic carbocycles. The van der Waals surface area contributed by atoms with Crippen molar-refractivity contribution in [3.05, 3.63) is 29.8 Å². The molecule has 1 aliphatic heterocycles. The lowest BCUT2D eigenvalue weighted by Crippen LogP contribution is -2.44. The number of benzene rings is 1. The van der Waals surface area contributed by atoms with E-state index in [9.17, 15) is 8.42 Å². The first kappa shape index (κ1) is 14.3. The van der Waals surface area contributed by atoms with Gasteiger partial charge in [-0.25, -0.2) is 13.1 Å². The molecule has 1 saturated heterocycles. The highest BCUT2D eigenvalue weighted by Crippen LogP contribution is 2.12. The van der Waals surface area contributed by atoms with Gasteiger partial charge in [-0.1, -0.05) is 12.1 Å². The number of rotatable bonds is 7. The molecule has 1 fully saturated rings. The fraction of sp³-hybridized carbons (Fsp3) is 0.538. The lowest BCUT2D eigenvalue weighted by Gasteiger charge is -2.27. The van der Waals surface area contributed by atoms with E-state index in [1.165, 1.54) is 0 Å². The van der Waals surface area contributed by atoms with Gasteiger partial charge in [0.05, 0.1) is 12.9 Å². The molecule has 19 heavy (non-hydrogen) atoms. The minimum absolute atomic E-state index is 0.181. The van der Waals surface area contributed by atoms with Gasteiger partial charge in [0.15, 0.2) is 0 Å². The Kier molecular flexibility index (Phi) is 4.79. The predicted molar refractivity (Wildman–Crippen MR) is 74.6 cm³/mol. The van der Waals surface area contributed by atoms with E-state index in [1.807, 2.05) is 24.3 Å². The molecule has 0 radical (unpaired) electrons. The van der Waals surface area contributed by atoms with E-state index in [2.05, 4.69) is 10.0 Å². The van der Waals surface area contributed by atoms with Gasteiger partial charge in [0, 0.05) is 12.6 Å². The maximum atomic E-state index is 11.8. The minimum atomic E-state index is -3.19. The summed E-state index contributed by atoms with van der Waals surface area (Å²) in [5, 5.41) is 3.20. The first-order chi connectivity index (χ1) is 9.09. The Morgan fingerprint density at radius 1 is 1.37 bits per heavy atom. The summed E-state index contributed by atoms with van der Waals surface area (Å²) < 4.78 is 31.3. The highest BCUT2D eigenvalue weighted by atomic mass is 32.2. The summed E-state index contributed by atoms with van der Waals surface area (Å²) in [5.74, 6) is 0.948. The monoisotopic (exact) mass is 284 g/mol. The topological polar surface area (TPSA) is 67.4 Å². The van der Waals surface area contributed by atoms with Crippen molar-refractivity contribution in [1.82, 2.24) is 10.0 Å². The largest absolute Gasteiger partial charge is 0.497 e. The molecule has 0 saturated carbocycles. The molecule has 1 aliphatic rings. The average Bonchev–Trinajstić information content (AvgIpc) is 2.35. The SMILES string of the molecule is COc1ccc(CNS(=O)(=O)CCC2CCN2)cc1. The third kappa shape index (κ3) is 4.49. The molecular formula is C13H20N2O3S. The normalized spacial score (nSPS) is 18.9. The molecule has 2 rings (SSSR count). The van der Waals surface area contributed by atoms with Gasteiger partial charge in [0.2, 0.25) is 10.0 Å². The van der Waals surface area contributed by atoms with Crippen LogP contribution in [0.5, 0.6) is 5.75 Å². The number of methoxy groups -OCH3 is 1. The standard InChI is InChI=1S/C13H20N2O3S/c1-18-13-4-2-11(3-5-13)10-15-19(16,17)9-7-12-6-8-14-12/h2-5,12,14-15H,6-10H2,1H3. The smallest absolute Gasteiger partial charge is 0.211 e. The fourth-order valence-electron chi connectivity index (χ4n) is 1.90. The molecule has 1 atom stereocenters. The van der Waals surface area contributed by atoms with Gasteiger partial charge in [0.25, 0.3) is 0 Å². The predicted octanol–water partition coefficient (Wildman–Crippen LogP) is 0.867. The van der Waals surface area contributed by atoms with E-state index in [1.54, 1.807) is 7.11 Å². The van der Waals surface area contributed by atoms with Gasteiger partial charge in [-0.2, -0.15) is 0 Å². The molecule has 1 aromatic rings. The maximum Gasteiger partial charge on any atom is 0.211 e. The van der Waals surface area contributed by atoms with Gasteiger partial charge in [-0.15, -0.1) is 0 Å². The minimum Gasteiger partial charge on any atom is -0.497 e. The molecule has 0 spiro atoms. The van der Waals surface area contributed by atoms with Crippen molar-refractivity contribution in [2.75, 3.05) is 19.4 Å². The third-order valence-electron chi connectivity index (χ3n) is 3.32. The summed E-state index contributed by atoms with van der Waals surface area (Å²) in [4.78, 5) is 0. The summed E-state index contributed by atoms with van der Waals surface area (Å²) in [5.41, 5.74) is 0.922. The summed E-state index contributed by atoms with van der Waals surface area (Å²) in [6.07, 6.45) is 1.76. The van der Waals surface area contributed by atoms with E-state index in [4.69, 9.17) is 4.74 Å². The van der Waals surface area contributed by atoms with Crippen LogP contribution in [0.4, 0.5) is 0 Å². The number of nitrogens with one attached hydrogen (secondary N) is 2. The molecule has 1 unspecified atom stereocenters. The lowest BCUT2D eigenvalue weighted by atomic mass is 10.1. The van der Waals surface area contributed by atoms with E-state index >= 15 is 0 Å². The van der Waals surface area contributed by atoms with Crippen molar-refractivity contribution in [3.8, 4) is 5.75 Å². The molecule has 0 amide bonds. The van der Waals surface area contributed by atoms with Crippen LogP contribution in [-0.4, -0.2) is 33.9 Å². The van der Waals surface area contributed by atoms with Crippen LogP contribution in [0, 0.1) is 0 Å². The maximum absolute atomic E-state index is 11.8. The quantitative estimate of drug-likeness (QED) is 0.779. The van der Waals surface area contributed by atoms with Gasteiger partial charge in [-0.3, -0.25) is 0 Å². The number of sulfonamides is 1. The molecule has 0 aromatic heterocycles. The summed E-state index contributed by atoms with van der Waals surface area (Å²) >= 11 is 0. The Balaban J connectivity index is 1.78. The van der Waals surface area contributed by atoms with Crippen LogP contribution in [0.3, 0.4) is 0 Å². The summed E-state index contributed by atoms with van der Waals surface area (Å²) in [6, 6.07) is 7.73. The first-order valence-corrected chi connectivity index (χ1v) is 8.08. The fourth-order valence-corrected chi connectivity index (χ4v) is 3.03. The highest BCUT2D eigenvalue weighted by molar-refractivity contribution is 7.89. The Morgan fingerprint density at radius 3 is 2.58 bits per heavy atom. The number of ether oxygens (including phenoxy) is 1. The Hall–Kier alpha value is -1.11. The van der Waals surface area contributed by atoms with Gasteiger partial charge < -0.3 is 10.1 Å². The van der Waals surface area contributed by atoms with E-state index in [0.29, 0.717) is 19.0 Å². The van der Waals surface area contributed by atoms with Gasteiger partial charge in [0.1, 0.15) is 5.75 Å². The van der Waals surface area contributed by atoms with Crippen molar-refractivity contribution >= 4 is 10.0 Å². The Labute approximate surface area is 114 Å². The molecule has 5 nitrogen and oxygen atoms in total. The second-order valence-electron chi connectivity index (χ2n) is 4.72. The molecule has 6 heteroatoms. The van der Waals surface area contributed by atoms with Crippen molar-refractivity contribution in [3.63, 3.8) is 0 Å². The van der Waals surface area contributed by atoms with E-state index in [-0.39, 0.29) is 5.75 Å². The zero-order chi connectivity index (χ0) is 13.7. The van der Waals surface area contributed by atoms with Crippen LogP contribution < -0.4 is 14.8 Å². The third-order valence-corrected chi connectivity index (χ3v) is 4.67. The van der Waals surface area contributed by atoms with Crippen LogP contribution in [0.2, 0.25) is 0 Å².